The second-order valence-electron chi connectivity index (χ2n) is 4.25. The molecule has 0 aliphatic heterocycles. The van der Waals surface area contributed by atoms with Gasteiger partial charge in [0.2, 0.25) is 0 Å². The quantitative estimate of drug-likeness (QED) is 0.782. The molecule has 0 bridgehead atoms. The van der Waals surface area contributed by atoms with Gasteiger partial charge in [-0.3, -0.25) is 0 Å². The van der Waals surface area contributed by atoms with Crippen LogP contribution in [0.5, 0.6) is 0 Å². The van der Waals surface area contributed by atoms with Crippen molar-refractivity contribution in [2.45, 2.75) is 26.7 Å². The highest BCUT2D eigenvalue weighted by atomic mass is 16.4. The van der Waals surface area contributed by atoms with Crippen LogP contribution in [0.3, 0.4) is 0 Å². The Hall–Kier alpha value is -2.36. The summed E-state index contributed by atoms with van der Waals surface area (Å²) in [5, 5.41) is 17.4. The van der Waals surface area contributed by atoms with E-state index in [0.29, 0.717) is 0 Å². The molecule has 1 aromatic rings. The Bertz CT molecular complexity index is 517. The minimum Gasteiger partial charge on any atom is -0.478 e. The smallest absolute Gasteiger partial charge is 0.328 e. The van der Waals surface area contributed by atoms with Crippen molar-refractivity contribution in [3.63, 3.8) is 0 Å². The molecule has 0 unspecified atom stereocenters. The van der Waals surface area contributed by atoms with Crippen molar-refractivity contribution in [1.29, 1.82) is 0 Å². The predicted molar refractivity (Wildman–Crippen MR) is 78.5 cm³/mol. The van der Waals surface area contributed by atoms with Crippen LogP contribution in [-0.2, 0) is 22.4 Å². The Kier molecular flexibility index (Phi) is 5.72. The van der Waals surface area contributed by atoms with E-state index in [4.69, 9.17) is 10.2 Å². The molecule has 20 heavy (non-hydrogen) atoms. The number of carboxylic acid groups (broad SMARTS) is 2. The van der Waals surface area contributed by atoms with Gasteiger partial charge in [0.25, 0.3) is 0 Å². The predicted octanol–water partition coefficient (Wildman–Crippen LogP) is 3.01. The maximum Gasteiger partial charge on any atom is 0.328 e. The van der Waals surface area contributed by atoms with Crippen molar-refractivity contribution in [3.05, 3.63) is 46.5 Å². The van der Waals surface area contributed by atoms with Crippen LogP contribution < -0.4 is 0 Å². The van der Waals surface area contributed by atoms with E-state index in [9.17, 15) is 9.59 Å². The molecule has 0 atom stereocenters. The number of rotatable bonds is 6. The topological polar surface area (TPSA) is 74.6 Å². The molecule has 0 saturated carbocycles. The molecule has 0 fully saturated rings. The minimum absolute atomic E-state index is 0.761. The number of aliphatic carboxylic acids is 2. The van der Waals surface area contributed by atoms with E-state index in [1.54, 1.807) is 12.2 Å². The molecule has 4 nitrogen and oxygen atoms in total. The van der Waals surface area contributed by atoms with Crippen LogP contribution >= 0.6 is 0 Å². The fourth-order valence-electron chi connectivity index (χ4n) is 2.20. The third-order valence-corrected chi connectivity index (χ3v) is 3.02. The first-order chi connectivity index (χ1) is 9.49. The van der Waals surface area contributed by atoms with Gasteiger partial charge in [-0.25, -0.2) is 9.59 Å². The van der Waals surface area contributed by atoms with Crippen molar-refractivity contribution < 1.29 is 19.8 Å². The zero-order valence-electron chi connectivity index (χ0n) is 11.6. The molecule has 0 aromatic heterocycles. The molecule has 0 amide bonds. The average Bonchev–Trinajstić information content (AvgIpc) is 2.41. The van der Waals surface area contributed by atoms with Gasteiger partial charge in [0.05, 0.1) is 0 Å². The van der Waals surface area contributed by atoms with E-state index in [1.807, 2.05) is 26.0 Å². The van der Waals surface area contributed by atoms with Gasteiger partial charge in [-0.15, -0.1) is 0 Å². The van der Waals surface area contributed by atoms with Gasteiger partial charge in [-0.2, -0.15) is 0 Å². The van der Waals surface area contributed by atoms with Crippen LogP contribution in [0.15, 0.2) is 24.3 Å². The Balaban J connectivity index is 3.32. The number of hydrogen-bond acceptors (Lipinski definition) is 2. The monoisotopic (exact) mass is 274 g/mol. The molecule has 0 heterocycles. The second-order valence-corrected chi connectivity index (χ2v) is 4.25. The minimum atomic E-state index is -0.986. The highest BCUT2D eigenvalue weighted by Gasteiger charge is 2.08. The molecule has 0 spiro atoms. The number of carboxylic acids is 2. The summed E-state index contributed by atoms with van der Waals surface area (Å²) in [5.74, 6) is -1.97. The highest BCUT2D eigenvalue weighted by Crippen LogP contribution is 2.23. The second kappa shape index (κ2) is 7.28. The van der Waals surface area contributed by atoms with Crippen molar-refractivity contribution in [2.24, 2.45) is 0 Å². The van der Waals surface area contributed by atoms with Crippen molar-refractivity contribution in [3.8, 4) is 0 Å². The number of carbonyl (C=O) groups is 2. The van der Waals surface area contributed by atoms with Crippen LogP contribution in [0.1, 0.15) is 36.1 Å². The Morgan fingerprint density at radius 3 is 1.50 bits per heavy atom. The highest BCUT2D eigenvalue weighted by molar-refractivity contribution is 5.87. The molecular weight excluding hydrogens is 256 g/mol. The van der Waals surface area contributed by atoms with E-state index in [2.05, 4.69) is 0 Å². The van der Waals surface area contributed by atoms with Crippen molar-refractivity contribution in [2.75, 3.05) is 0 Å². The lowest BCUT2D eigenvalue weighted by molar-refractivity contribution is -0.132. The van der Waals surface area contributed by atoms with E-state index in [1.165, 1.54) is 0 Å². The van der Waals surface area contributed by atoms with Crippen LogP contribution in [0.2, 0.25) is 0 Å². The molecule has 0 aliphatic rings. The van der Waals surface area contributed by atoms with E-state index < -0.39 is 11.9 Å². The molecule has 106 valence electrons. The van der Waals surface area contributed by atoms with Crippen molar-refractivity contribution in [1.82, 2.24) is 0 Å². The van der Waals surface area contributed by atoms with Gasteiger partial charge in [0.1, 0.15) is 0 Å². The van der Waals surface area contributed by atoms with Crippen molar-refractivity contribution >= 4 is 24.1 Å². The first-order valence-electron chi connectivity index (χ1n) is 6.46. The van der Waals surface area contributed by atoms with E-state index in [-0.39, 0.29) is 0 Å². The van der Waals surface area contributed by atoms with Crippen LogP contribution in [0, 0.1) is 0 Å². The third kappa shape index (κ3) is 4.09. The number of hydrogen-bond donors (Lipinski definition) is 2. The standard InChI is InChI=1S/C16H18O4/c1-3-13-11(7-9-15(17)18)5-6-12(14(13)4-2)8-10-16(19)20/h5-10H,3-4H2,1-2H3,(H,17,18)(H,19,20)/b9-7+,10-8+. The summed E-state index contributed by atoms with van der Waals surface area (Å²) in [6.07, 6.45) is 6.89. The first kappa shape index (κ1) is 15.7. The average molecular weight is 274 g/mol. The third-order valence-electron chi connectivity index (χ3n) is 3.02. The molecule has 0 saturated heterocycles. The molecule has 2 N–H and O–H groups in total. The Labute approximate surface area is 118 Å². The maximum absolute atomic E-state index is 10.6. The van der Waals surface area contributed by atoms with Gasteiger partial charge >= 0.3 is 11.9 Å². The molecule has 0 aliphatic carbocycles. The van der Waals surface area contributed by atoms with Gasteiger partial charge in [0.15, 0.2) is 0 Å². The molecule has 1 aromatic carbocycles. The van der Waals surface area contributed by atoms with Crippen LogP contribution in [-0.4, -0.2) is 22.2 Å². The van der Waals surface area contributed by atoms with Gasteiger partial charge in [-0.05, 0) is 47.2 Å². The lowest BCUT2D eigenvalue weighted by Crippen LogP contribution is -1.99. The molecule has 0 radical (unpaired) electrons. The summed E-state index contributed by atoms with van der Waals surface area (Å²) in [5.41, 5.74) is 3.83. The zero-order chi connectivity index (χ0) is 15.1. The van der Waals surface area contributed by atoms with E-state index in [0.717, 1.165) is 47.2 Å². The lowest BCUT2D eigenvalue weighted by Gasteiger charge is -2.13. The van der Waals surface area contributed by atoms with Gasteiger partial charge in [0, 0.05) is 12.2 Å². The summed E-state index contributed by atoms with van der Waals surface area (Å²) in [6, 6.07) is 3.64. The van der Waals surface area contributed by atoms with Gasteiger partial charge < -0.3 is 10.2 Å². The Morgan fingerprint density at radius 1 is 0.900 bits per heavy atom. The zero-order valence-corrected chi connectivity index (χ0v) is 11.6. The summed E-state index contributed by atoms with van der Waals surface area (Å²) < 4.78 is 0. The lowest BCUT2D eigenvalue weighted by atomic mass is 9.92. The summed E-state index contributed by atoms with van der Waals surface area (Å²) in [4.78, 5) is 21.2. The molecule has 1 rings (SSSR count). The summed E-state index contributed by atoms with van der Waals surface area (Å²) >= 11 is 0. The van der Waals surface area contributed by atoms with E-state index >= 15 is 0 Å². The summed E-state index contributed by atoms with van der Waals surface area (Å²) in [6.45, 7) is 3.99. The summed E-state index contributed by atoms with van der Waals surface area (Å²) in [7, 11) is 0. The SMILES string of the molecule is CCc1c(/C=C/C(=O)O)ccc(/C=C/C(=O)O)c1CC. The van der Waals surface area contributed by atoms with Crippen LogP contribution in [0.25, 0.3) is 12.2 Å². The van der Waals surface area contributed by atoms with Crippen LogP contribution in [0.4, 0.5) is 0 Å². The first-order valence-corrected chi connectivity index (χ1v) is 6.46. The fourth-order valence-corrected chi connectivity index (χ4v) is 2.20. The Morgan fingerprint density at radius 2 is 1.25 bits per heavy atom. The molecular formula is C16H18O4. The fraction of sp³-hybridized carbons (Fsp3) is 0.250. The largest absolute Gasteiger partial charge is 0.478 e. The normalized spacial score (nSPS) is 11.3. The maximum atomic E-state index is 10.6. The molecule has 4 heteroatoms. The number of benzene rings is 1. The van der Waals surface area contributed by atoms with Gasteiger partial charge in [-0.1, -0.05) is 26.0 Å².